The molecule has 0 aromatic heterocycles. The van der Waals surface area contributed by atoms with E-state index in [9.17, 15) is 4.79 Å². The van der Waals surface area contributed by atoms with Crippen LogP contribution in [0.2, 0.25) is 0 Å². The second-order valence-electron chi connectivity index (χ2n) is 3.11. The third-order valence-electron chi connectivity index (χ3n) is 1.80. The molecule has 0 bridgehead atoms. The number of nitrogens with one attached hydrogen (secondary N) is 1. The molecule has 3 nitrogen and oxygen atoms in total. The maximum atomic E-state index is 10.3. The minimum Gasteiger partial charge on any atom is -0.480 e. The highest BCUT2D eigenvalue weighted by Crippen LogP contribution is 2.16. The summed E-state index contributed by atoms with van der Waals surface area (Å²) in [7, 11) is 0. The Morgan fingerprint density at radius 2 is 2.29 bits per heavy atom. The van der Waals surface area contributed by atoms with Crippen LogP contribution in [0.1, 0.15) is 12.5 Å². The van der Waals surface area contributed by atoms with Crippen LogP contribution in [-0.4, -0.2) is 17.6 Å². The molecule has 3 heteroatoms. The lowest BCUT2D eigenvalue weighted by Crippen LogP contribution is -2.12. The van der Waals surface area contributed by atoms with Crippen molar-refractivity contribution in [3.05, 3.63) is 36.4 Å². The first-order chi connectivity index (χ1) is 6.59. The molecule has 0 amide bonds. The van der Waals surface area contributed by atoms with Gasteiger partial charge in [0.2, 0.25) is 0 Å². The van der Waals surface area contributed by atoms with Crippen LogP contribution in [0, 0.1) is 0 Å². The third-order valence-corrected chi connectivity index (χ3v) is 1.80. The van der Waals surface area contributed by atoms with Gasteiger partial charge in [-0.25, -0.2) is 0 Å². The molecule has 1 aromatic rings. The first-order valence-electron chi connectivity index (χ1n) is 4.31. The monoisotopic (exact) mass is 191 g/mol. The standard InChI is InChI=1S/C11H13NO2/c1-8(2)9-4-3-5-10(6-9)12-7-11(13)14/h3-6,12H,1,7H2,2H3,(H,13,14). The average molecular weight is 191 g/mol. The normalized spacial score (nSPS) is 9.50. The van der Waals surface area contributed by atoms with E-state index < -0.39 is 5.97 Å². The van der Waals surface area contributed by atoms with Crippen molar-refractivity contribution in [1.82, 2.24) is 0 Å². The fourth-order valence-electron chi connectivity index (χ4n) is 1.07. The molecule has 0 unspecified atom stereocenters. The summed E-state index contributed by atoms with van der Waals surface area (Å²) >= 11 is 0. The van der Waals surface area contributed by atoms with Gasteiger partial charge in [0, 0.05) is 5.69 Å². The van der Waals surface area contributed by atoms with Crippen molar-refractivity contribution < 1.29 is 9.90 Å². The van der Waals surface area contributed by atoms with Gasteiger partial charge in [-0.1, -0.05) is 24.3 Å². The number of carboxylic acid groups (broad SMARTS) is 1. The van der Waals surface area contributed by atoms with Crippen LogP contribution in [0.4, 0.5) is 5.69 Å². The number of carbonyl (C=O) groups is 1. The van der Waals surface area contributed by atoms with E-state index in [4.69, 9.17) is 5.11 Å². The second kappa shape index (κ2) is 4.46. The number of hydrogen-bond acceptors (Lipinski definition) is 2. The van der Waals surface area contributed by atoms with Crippen molar-refractivity contribution in [3.8, 4) is 0 Å². The Bertz CT molecular complexity index is 358. The van der Waals surface area contributed by atoms with E-state index in [2.05, 4.69) is 11.9 Å². The van der Waals surface area contributed by atoms with Crippen LogP contribution in [0.5, 0.6) is 0 Å². The van der Waals surface area contributed by atoms with Gasteiger partial charge in [-0.15, -0.1) is 0 Å². The number of carboxylic acids is 1. The summed E-state index contributed by atoms with van der Waals surface area (Å²) in [5.74, 6) is -0.870. The van der Waals surface area contributed by atoms with Gasteiger partial charge in [-0.05, 0) is 24.6 Å². The molecule has 0 saturated heterocycles. The molecular formula is C11H13NO2. The highest BCUT2D eigenvalue weighted by Gasteiger charge is 1.98. The van der Waals surface area contributed by atoms with Gasteiger partial charge >= 0.3 is 5.97 Å². The molecule has 0 radical (unpaired) electrons. The first kappa shape index (κ1) is 10.3. The number of allylic oxidation sites excluding steroid dienone is 1. The number of aliphatic carboxylic acids is 1. The van der Waals surface area contributed by atoms with Crippen LogP contribution in [0.3, 0.4) is 0 Å². The van der Waals surface area contributed by atoms with Crippen LogP contribution >= 0.6 is 0 Å². The summed E-state index contributed by atoms with van der Waals surface area (Å²) in [6, 6.07) is 7.52. The second-order valence-corrected chi connectivity index (χ2v) is 3.11. The molecule has 0 aliphatic heterocycles. The molecule has 1 aromatic carbocycles. The quantitative estimate of drug-likeness (QED) is 0.767. The summed E-state index contributed by atoms with van der Waals surface area (Å²) < 4.78 is 0. The molecule has 1 rings (SSSR count). The highest BCUT2D eigenvalue weighted by atomic mass is 16.4. The first-order valence-corrected chi connectivity index (χ1v) is 4.31. The number of hydrogen-bond donors (Lipinski definition) is 2. The smallest absolute Gasteiger partial charge is 0.322 e. The topological polar surface area (TPSA) is 49.3 Å². The fourth-order valence-corrected chi connectivity index (χ4v) is 1.07. The van der Waals surface area contributed by atoms with Gasteiger partial charge in [0.1, 0.15) is 6.54 Å². The lowest BCUT2D eigenvalue weighted by atomic mass is 10.1. The summed E-state index contributed by atoms with van der Waals surface area (Å²) in [6.45, 7) is 5.66. The number of rotatable bonds is 4. The zero-order chi connectivity index (χ0) is 10.6. The average Bonchev–Trinajstić information content (AvgIpc) is 2.15. The Hall–Kier alpha value is -1.77. The van der Waals surface area contributed by atoms with E-state index in [-0.39, 0.29) is 6.54 Å². The summed E-state index contributed by atoms with van der Waals surface area (Å²) in [5.41, 5.74) is 2.78. The van der Waals surface area contributed by atoms with Crippen molar-refractivity contribution >= 4 is 17.2 Å². The third kappa shape index (κ3) is 2.94. The molecule has 0 fully saturated rings. The number of benzene rings is 1. The molecule has 74 valence electrons. The molecule has 0 atom stereocenters. The predicted molar refractivity (Wildman–Crippen MR) is 57.3 cm³/mol. The zero-order valence-corrected chi connectivity index (χ0v) is 8.08. The van der Waals surface area contributed by atoms with Crippen LogP contribution in [-0.2, 0) is 4.79 Å². The molecular weight excluding hydrogens is 178 g/mol. The van der Waals surface area contributed by atoms with Crippen LogP contribution in [0.25, 0.3) is 5.57 Å². The van der Waals surface area contributed by atoms with Crippen molar-refractivity contribution in [1.29, 1.82) is 0 Å². The minimum absolute atomic E-state index is 0.0698. The van der Waals surface area contributed by atoms with Gasteiger partial charge in [-0.2, -0.15) is 0 Å². The molecule has 0 aliphatic rings. The summed E-state index contributed by atoms with van der Waals surface area (Å²) in [4.78, 5) is 10.3. The van der Waals surface area contributed by atoms with Gasteiger partial charge < -0.3 is 10.4 Å². The minimum atomic E-state index is -0.870. The molecule has 14 heavy (non-hydrogen) atoms. The van der Waals surface area contributed by atoms with E-state index in [1.54, 1.807) is 0 Å². The van der Waals surface area contributed by atoms with E-state index in [1.165, 1.54) is 0 Å². The Morgan fingerprint density at radius 3 is 2.86 bits per heavy atom. The molecule has 0 spiro atoms. The summed E-state index contributed by atoms with van der Waals surface area (Å²) in [6.07, 6.45) is 0. The molecule has 2 N–H and O–H groups in total. The van der Waals surface area contributed by atoms with E-state index in [0.29, 0.717) is 0 Å². The van der Waals surface area contributed by atoms with E-state index in [0.717, 1.165) is 16.8 Å². The molecule has 0 aliphatic carbocycles. The Balaban J connectivity index is 2.73. The highest BCUT2D eigenvalue weighted by molar-refractivity contribution is 5.73. The molecule has 0 heterocycles. The zero-order valence-electron chi connectivity index (χ0n) is 8.08. The number of anilines is 1. The fraction of sp³-hybridized carbons (Fsp3) is 0.182. The van der Waals surface area contributed by atoms with E-state index >= 15 is 0 Å². The Labute approximate surface area is 83.1 Å². The lowest BCUT2D eigenvalue weighted by molar-refractivity contribution is -0.134. The van der Waals surface area contributed by atoms with Crippen molar-refractivity contribution in [3.63, 3.8) is 0 Å². The van der Waals surface area contributed by atoms with E-state index in [1.807, 2.05) is 31.2 Å². The van der Waals surface area contributed by atoms with Gasteiger partial charge in [0.05, 0.1) is 0 Å². The van der Waals surface area contributed by atoms with Crippen molar-refractivity contribution in [2.45, 2.75) is 6.92 Å². The van der Waals surface area contributed by atoms with Crippen molar-refractivity contribution in [2.24, 2.45) is 0 Å². The summed E-state index contributed by atoms with van der Waals surface area (Å²) in [5, 5.41) is 11.3. The Morgan fingerprint density at radius 1 is 1.57 bits per heavy atom. The SMILES string of the molecule is C=C(C)c1cccc(NCC(=O)O)c1. The maximum Gasteiger partial charge on any atom is 0.322 e. The molecule has 0 saturated carbocycles. The maximum absolute atomic E-state index is 10.3. The van der Waals surface area contributed by atoms with Gasteiger partial charge in [0.15, 0.2) is 0 Å². The van der Waals surface area contributed by atoms with Crippen molar-refractivity contribution in [2.75, 3.05) is 11.9 Å². The Kier molecular flexibility index (Phi) is 3.29. The largest absolute Gasteiger partial charge is 0.480 e. The van der Waals surface area contributed by atoms with Gasteiger partial charge in [0.25, 0.3) is 0 Å². The van der Waals surface area contributed by atoms with Gasteiger partial charge in [-0.3, -0.25) is 4.79 Å². The van der Waals surface area contributed by atoms with Crippen LogP contribution in [0.15, 0.2) is 30.8 Å². The predicted octanol–water partition coefficient (Wildman–Crippen LogP) is 2.22. The lowest BCUT2D eigenvalue weighted by Gasteiger charge is -2.05. The van der Waals surface area contributed by atoms with Crippen LogP contribution < -0.4 is 5.32 Å².